The Morgan fingerprint density at radius 1 is 1.12 bits per heavy atom. The van der Waals surface area contributed by atoms with Gasteiger partial charge in [-0.2, -0.15) is 0 Å². The number of benzene rings is 2. The maximum absolute atomic E-state index is 12.9. The van der Waals surface area contributed by atoms with Crippen LogP contribution in [0.2, 0.25) is 0 Å². The average Bonchev–Trinajstić information content (AvgIpc) is 2.81. The molecule has 1 saturated heterocycles. The molecule has 1 heterocycles. The van der Waals surface area contributed by atoms with Crippen LogP contribution < -0.4 is 4.74 Å². The number of likely N-dealkylation sites (tertiary alicyclic amines) is 1. The van der Waals surface area contributed by atoms with Gasteiger partial charge in [0.25, 0.3) is 5.91 Å². The van der Waals surface area contributed by atoms with E-state index in [1.807, 2.05) is 30.3 Å². The Kier molecular flexibility index (Phi) is 3.78. The highest BCUT2D eigenvalue weighted by Crippen LogP contribution is 2.52. The molecule has 2 aliphatic rings. The lowest BCUT2D eigenvalue weighted by Crippen LogP contribution is -2.40. The molecule has 0 spiro atoms. The summed E-state index contributed by atoms with van der Waals surface area (Å²) in [6.45, 7) is 8.00. The molecule has 4 rings (SSSR count). The molecule has 0 radical (unpaired) electrons. The lowest BCUT2D eigenvalue weighted by atomic mass is 9.65. The maximum atomic E-state index is 12.9. The Balaban J connectivity index is 1.48. The van der Waals surface area contributed by atoms with E-state index in [2.05, 4.69) is 37.8 Å². The molecule has 3 heteroatoms. The van der Waals surface area contributed by atoms with Gasteiger partial charge in [-0.3, -0.25) is 4.79 Å². The van der Waals surface area contributed by atoms with Crippen molar-refractivity contribution in [3.8, 4) is 5.75 Å². The highest BCUT2D eigenvalue weighted by molar-refractivity contribution is 5.88. The molecule has 0 N–H and O–H groups in total. The minimum Gasteiger partial charge on any atom is -0.483 e. The van der Waals surface area contributed by atoms with Crippen LogP contribution in [0.5, 0.6) is 5.75 Å². The number of carbonyl (C=O) groups is 1. The molecule has 0 unspecified atom stereocenters. The quantitative estimate of drug-likeness (QED) is 0.816. The van der Waals surface area contributed by atoms with Gasteiger partial charge < -0.3 is 9.64 Å². The van der Waals surface area contributed by atoms with Crippen LogP contribution in [0, 0.1) is 10.8 Å². The Labute approximate surface area is 150 Å². The summed E-state index contributed by atoms with van der Waals surface area (Å²) < 4.78 is 5.94. The first-order valence-electron chi connectivity index (χ1n) is 9.25. The summed E-state index contributed by atoms with van der Waals surface area (Å²) in [6, 6.07) is 14.5. The summed E-state index contributed by atoms with van der Waals surface area (Å²) in [5.74, 6) is 0.916. The molecule has 0 aromatic heterocycles. The largest absolute Gasteiger partial charge is 0.483 e. The number of amides is 1. The van der Waals surface area contributed by atoms with Crippen molar-refractivity contribution in [1.29, 1.82) is 0 Å². The van der Waals surface area contributed by atoms with E-state index in [0.717, 1.165) is 35.9 Å². The molecular weight excluding hydrogens is 310 g/mol. The molecule has 2 bridgehead atoms. The Bertz CT molecular complexity index is 807. The van der Waals surface area contributed by atoms with Gasteiger partial charge in [-0.15, -0.1) is 0 Å². The van der Waals surface area contributed by atoms with Crippen molar-refractivity contribution in [3.05, 3.63) is 42.5 Å². The number of ether oxygens (including phenoxy) is 1. The van der Waals surface area contributed by atoms with E-state index < -0.39 is 0 Å². The third kappa shape index (κ3) is 3.12. The molecule has 2 aromatic carbocycles. The predicted molar refractivity (Wildman–Crippen MR) is 101 cm³/mol. The summed E-state index contributed by atoms with van der Waals surface area (Å²) in [7, 11) is 0. The number of fused-ring (bicyclic) bond motifs is 3. The van der Waals surface area contributed by atoms with Crippen LogP contribution in [-0.4, -0.2) is 30.0 Å². The minimum atomic E-state index is 0.124. The predicted octanol–water partition coefficient (Wildman–Crippen LogP) is 4.65. The van der Waals surface area contributed by atoms with Crippen molar-refractivity contribution in [2.75, 3.05) is 13.2 Å². The Morgan fingerprint density at radius 2 is 1.88 bits per heavy atom. The van der Waals surface area contributed by atoms with E-state index >= 15 is 0 Å². The van der Waals surface area contributed by atoms with Crippen LogP contribution in [0.1, 0.15) is 40.0 Å². The van der Waals surface area contributed by atoms with Gasteiger partial charge in [0.05, 0.1) is 0 Å². The molecule has 25 heavy (non-hydrogen) atoms. The number of nitrogens with zero attached hydrogens (tertiary/aromatic N) is 1. The van der Waals surface area contributed by atoms with Crippen molar-refractivity contribution in [1.82, 2.24) is 4.90 Å². The van der Waals surface area contributed by atoms with Crippen LogP contribution in [0.15, 0.2) is 42.5 Å². The first-order valence-corrected chi connectivity index (χ1v) is 9.25. The van der Waals surface area contributed by atoms with Crippen LogP contribution in [0.4, 0.5) is 0 Å². The first-order chi connectivity index (χ1) is 11.9. The van der Waals surface area contributed by atoms with Gasteiger partial charge in [-0.05, 0) is 41.5 Å². The third-order valence-electron chi connectivity index (χ3n) is 5.84. The van der Waals surface area contributed by atoms with E-state index in [1.165, 1.54) is 6.42 Å². The van der Waals surface area contributed by atoms with Gasteiger partial charge in [-0.1, -0.05) is 57.2 Å². The van der Waals surface area contributed by atoms with Crippen molar-refractivity contribution in [2.45, 2.75) is 46.1 Å². The van der Waals surface area contributed by atoms with Gasteiger partial charge in [0.2, 0.25) is 0 Å². The normalized spacial score (nSPS) is 27.5. The number of hydrogen-bond donors (Lipinski definition) is 0. The zero-order chi connectivity index (χ0) is 17.7. The molecule has 1 amide bonds. The molecular formula is C22H27NO2. The Morgan fingerprint density at radius 3 is 2.72 bits per heavy atom. The van der Waals surface area contributed by atoms with E-state index in [0.29, 0.717) is 11.5 Å². The second kappa shape index (κ2) is 5.76. The molecule has 1 aliphatic carbocycles. The van der Waals surface area contributed by atoms with E-state index in [-0.39, 0.29) is 17.9 Å². The van der Waals surface area contributed by atoms with Gasteiger partial charge in [0.15, 0.2) is 6.61 Å². The third-order valence-corrected chi connectivity index (χ3v) is 5.84. The van der Waals surface area contributed by atoms with Crippen molar-refractivity contribution < 1.29 is 9.53 Å². The summed E-state index contributed by atoms with van der Waals surface area (Å²) in [4.78, 5) is 14.9. The zero-order valence-corrected chi connectivity index (χ0v) is 15.4. The van der Waals surface area contributed by atoms with Crippen molar-refractivity contribution >= 4 is 16.7 Å². The van der Waals surface area contributed by atoms with Crippen molar-refractivity contribution in [3.63, 3.8) is 0 Å². The maximum Gasteiger partial charge on any atom is 0.260 e. The molecule has 3 nitrogen and oxygen atoms in total. The van der Waals surface area contributed by atoms with Gasteiger partial charge in [0, 0.05) is 18.0 Å². The fourth-order valence-corrected chi connectivity index (χ4v) is 5.30. The second-order valence-corrected chi connectivity index (χ2v) is 9.00. The average molecular weight is 337 g/mol. The van der Waals surface area contributed by atoms with Crippen LogP contribution in [-0.2, 0) is 4.79 Å². The summed E-state index contributed by atoms with van der Waals surface area (Å²) >= 11 is 0. The summed E-state index contributed by atoms with van der Waals surface area (Å²) in [5, 5.41) is 2.20. The summed E-state index contributed by atoms with van der Waals surface area (Å²) in [6.07, 6.45) is 3.43. The molecule has 1 saturated carbocycles. The zero-order valence-electron chi connectivity index (χ0n) is 15.4. The van der Waals surface area contributed by atoms with Gasteiger partial charge in [-0.25, -0.2) is 0 Å². The van der Waals surface area contributed by atoms with Crippen LogP contribution in [0.3, 0.4) is 0 Å². The monoisotopic (exact) mass is 337 g/mol. The lowest BCUT2D eigenvalue weighted by molar-refractivity contribution is -0.134. The fraction of sp³-hybridized carbons (Fsp3) is 0.500. The standard InChI is InChI=1S/C22H27NO2/c1-21(2)11-17-12-22(3,14-21)15-23(17)20(24)13-25-19-10-6-8-16-7-4-5-9-18(16)19/h4-10,17H,11-15H2,1-3H3/t17-,22-/m0/s1. The number of hydrogen-bond acceptors (Lipinski definition) is 2. The number of rotatable bonds is 3. The highest BCUT2D eigenvalue weighted by Gasteiger charge is 2.50. The minimum absolute atomic E-state index is 0.124. The van der Waals surface area contributed by atoms with Gasteiger partial charge >= 0.3 is 0 Å². The summed E-state index contributed by atoms with van der Waals surface area (Å²) in [5.41, 5.74) is 0.588. The SMILES string of the molecule is CC1(C)C[C@H]2C[C@](C)(CN2C(=O)COc2cccc3ccccc23)C1. The Hall–Kier alpha value is -2.03. The number of carbonyl (C=O) groups excluding carboxylic acids is 1. The van der Waals surface area contributed by atoms with E-state index in [4.69, 9.17) is 4.74 Å². The molecule has 132 valence electrons. The molecule has 2 fully saturated rings. The molecule has 2 aromatic rings. The lowest BCUT2D eigenvalue weighted by Gasteiger charge is -2.39. The van der Waals surface area contributed by atoms with E-state index in [9.17, 15) is 4.79 Å². The van der Waals surface area contributed by atoms with E-state index in [1.54, 1.807) is 0 Å². The topological polar surface area (TPSA) is 29.5 Å². The van der Waals surface area contributed by atoms with Crippen LogP contribution in [0.25, 0.3) is 10.8 Å². The fourth-order valence-electron chi connectivity index (χ4n) is 5.30. The highest BCUT2D eigenvalue weighted by atomic mass is 16.5. The molecule has 2 atom stereocenters. The van der Waals surface area contributed by atoms with Crippen molar-refractivity contribution in [2.24, 2.45) is 10.8 Å². The second-order valence-electron chi connectivity index (χ2n) is 9.00. The van der Waals surface area contributed by atoms with Gasteiger partial charge in [0.1, 0.15) is 5.75 Å². The molecule has 1 aliphatic heterocycles. The van der Waals surface area contributed by atoms with Crippen LogP contribution >= 0.6 is 0 Å². The smallest absolute Gasteiger partial charge is 0.260 e. The first kappa shape index (κ1) is 16.4.